The van der Waals surface area contributed by atoms with E-state index >= 15 is 0 Å². The van der Waals surface area contributed by atoms with Gasteiger partial charge in [0.15, 0.2) is 5.58 Å². The van der Waals surface area contributed by atoms with Crippen molar-refractivity contribution >= 4 is 60.8 Å². The summed E-state index contributed by atoms with van der Waals surface area (Å²) in [4.78, 5) is 2.36. The van der Waals surface area contributed by atoms with Crippen molar-refractivity contribution in [1.82, 2.24) is 4.57 Å². The summed E-state index contributed by atoms with van der Waals surface area (Å²) in [5.74, 6) is 0. The molecule has 12 rings (SSSR count). The molecule has 0 fully saturated rings. The van der Waals surface area contributed by atoms with Gasteiger partial charge in [0.25, 0.3) is 0 Å². The normalized spacial score (nSPS) is 13.0. The number of rotatable bonds is 6. The van der Waals surface area contributed by atoms with Crippen molar-refractivity contribution in [3.8, 4) is 39.1 Å². The Bertz CT molecular complexity index is 3400. The number of furan rings is 1. The molecule has 0 bridgehead atoms. The highest BCUT2D eigenvalue weighted by atomic mass is 16.3. The highest BCUT2D eigenvalue weighted by Crippen LogP contribution is 2.51. The fraction of sp³-hybridized carbons (Fsp3) is 0.0526. The minimum Gasteiger partial charge on any atom is -0.454 e. The molecule has 0 aliphatic heterocycles. The van der Waals surface area contributed by atoms with Crippen LogP contribution in [0.15, 0.2) is 211 Å². The van der Waals surface area contributed by atoms with E-state index in [0.717, 1.165) is 44.6 Å². The number of anilines is 3. The van der Waals surface area contributed by atoms with Crippen LogP contribution in [0.5, 0.6) is 0 Å². The lowest BCUT2D eigenvalue weighted by atomic mass is 9.82. The van der Waals surface area contributed by atoms with Gasteiger partial charge in [0, 0.05) is 43.9 Å². The Hall–Kier alpha value is -7.62. The van der Waals surface area contributed by atoms with Crippen LogP contribution in [0.2, 0.25) is 0 Å². The third-order valence-electron chi connectivity index (χ3n) is 12.8. The summed E-state index contributed by atoms with van der Waals surface area (Å²) in [5, 5.41) is 4.76. The molecule has 60 heavy (non-hydrogen) atoms. The van der Waals surface area contributed by atoms with Gasteiger partial charge in [0.1, 0.15) is 5.58 Å². The van der Waals surface area contributed by atoms with Gasteiger partial charge in [-0.1, -0.05) is 166 Å². The van der Waals surface area contributed by atoms with Crippen LogP contribution in [0.3, 0.4) is 0 Å². The summed E-state index contributed by atoms with van der Waals surface area (Å²) < 4.78 is 9.07. The molecule has 0 radical (unpaired) electrons. The van der Waals surface area contributed by atoms with Gasteiger partial charge in [0.05, 0.1) is 22.4 Å². The van der Waals surface area contributed by atoms with Crippen LogP contribution in [0.1, 0.15) is 25.0 Å². The van der Waals surface area contributed by atoms with Crippen LogP contribution in [0, 0.1) is 0 Å². The topological polar surface area (TPSA) is 21.3 Å². The molecule has 2 heterocycles. The maximum atomic E-state index is 6.66. The molecule has 9 aromatic carbocycles. The molecule has 0 saturated carbocycles. The summed E-state index contributed by atoms with van der Waals surface area (Å²) in [6, 6.07) is 74.8. The number of fused-ring (bicyclic) bond motifs is 9. The van der Waals surface area contributed by atoms with Crippen molar-refractivity contribution in [2.24, 2.45) is 0 Å². The summed E-state index contributed by atoms with van der Waals surface area (Å²) >= 11 is 0. The Kier molecular flexibility index (Phi) is 7.58. The Morgan fingerprint density at radius 2 is 0.967 bits per heavy atom. The van der Waals surface area contributed by atoms with Crippen molar-refractivity contribution in [2.75, 3.05) is 4.90 Å². The smallest absolute Gasteiger partial charge is 0.159 e. The Balaban J connectivity index is 0.941. The van der Waals surface area contributed by atoms with Crippen LogP contribution < -0.4 is 4.90 Å². The first-order valence-electron chi connectivity index (χ1n) is 20.8. The van der Waals surface area contributed by atoms with E-state index in [1.165, 1.54) is 66.4 Å². The summed E-state index contributed by atoms with van der Waals surface area (Å²) in [7, 11) is 0. The van der Waals surface area contributed by atoms with Gasteiger partial charge in [0.2, 0.25) is 0 Å². The highest BCUT2D eigenvalue weighted by Gasteiger charge is 2.36. The van der Waals surface area contributed by atoms with Crippen LogP contribution >= 0.6 is 0 Å². The maximum Gasteiger partial charge on any atom is 0.159 e. The van der Waals surface area contributed by atoms with Gasteiger partial charge in [-0.25, -0.2) is 0 Å². The minimum atomic E-state index is -0.126. The van der Waals surface area contributed by atoms with E-state index in [0.29, 0.717) is 0 Å². The maximum absolute atomic E-state index is 6.66. The zero-order valence-corrected chi connectivity index (χ0v) is 33.4. The second-order valence-electron chi connectivity index (χ2n) is 16.5. The molecular formula is C57H40N2O. The molecule has 0 unspecified atom stereocenters. The molecule has 11 aromatic rings. The molecule has 3 heteroatoms. The molecule has 2 aromatic heterocycles. The van der Waals surface area contributed by atoms with E-state index in [1.807, 2.05) is 6.07 Å². The van der Waals surface area contributed by atoms with E-state index in [9.17, 15) is 0 Å². The molecule has 284 valence electrons. The van der Waals surface area contributed by atoms with Gasteiger partial charge < -0.3 is 13.9 Å². The second-order valence-corrected chi connectivity index (χ2v) is 16.5. The summed E-state index contributed by atoms with van der Waals surface area (Å²) in [6.45, 7) is 4.68. The fourth-order valence-corrected chi connectivity index (χ4v) is 9.91. The van der Waals surface area contributed by atoms with Crippen LogP contribution in [0.4, 0.5) is 17.1 Å². The first-order chi connectivity index (χ1) is 29.5. The standard InChI is InChI=1S/C57H40N2O/c1-57(2)49-20-8-3-15-43(49)44-35-34-41(36-50(44)57)58(54-24-13-19-48-47-18-7-12-25-55(47)60-56(48)54)40-32-30-38(31-33-40)37-26-28-39(29-27-37)42-14-4-9-21-51(42)59-52-22-10-5-16-45(52)46-17-6-11-23-53(46)59/h3-36H,1-2H3. The lowest BCUT2D eigenvalue weighted by Gasteiger charge is -2.28. The molecule has 0 spiro atoms. The van der Waals surface area contributed by atoms with Crippen molar-refractivity contribution < 1.29 is 4.42 Å². The largest absolute Gasteiger partial charge is 0.454 e. The van der Waals surface area contributed by atoms with E-state index < -0.39 is 0 Å². The summed E-state index contributed by atoms with van der Waals surface area (Å²) in [5.41, 5.74) is 18.4. The van der Waals surface area contributed by atoms with Crippen molar-refractivity contribution in [3.63, 3.8) is 0 Å². The highest BCUT2D eigenvalue weighted by molar-refractivity contribution is 6.11. The van der Waals surface area contributed by atoms with Crippen molar-refractivity contribution in [1.29, 1.82) is 0 Å². The predicted molar refractivity (Wildman–Crippen MR) is 251 cm³/mol. The van der Waals surface area contributed by atoms with Gasteiger partial charge in [-0.3, -0.25) is 0 Å². The molecular weight excluding hydrogens is 729 g/mol. The lowest BCUT2D eigenvalue weighted by molar-refractivity contribution is 0.660. The lowest BCUT2D eigenvalue weighted by Crippen LogP contribution is -2.16. The van der Waals surface area contributed by atoms with Crippen molar-refractivity contribution in [3.05, 3.63) is 217 Å². The van der Waals surface area contributed by atoms with E-state index in [4.69, 9.17) is 4.42 Å². The Morgan fingerprint density at radius 1 is 0.417 bits per heavy atom. The van der Waals surface area contributed by atoms with Crippen LogP contribution in [-0.4, -0.2) is 4.57 Å². The third-order valence-corrected chi connectivity index (χ3v) is 12.8. The fourth-order valence-electron chi connectivity index (χ4n) is 9.91. The van der Waals surface area contributed by atoms with Crippen LogP contribution in [-0.2, 0) is 5.41 Å². The quantitative estimate of drug-likeness (QED) is 0.168. The second kappa shape index (κ2) is 13.2. The first-order valence-corrected chi connectivity index (χ1v) is 20.8. The average Bonchev–Trinajstić information content (AvgIpc) is 3.93. The predicted octanol–water partition coefficient (Wildman–Crippen LogP) is 15.8. The first kappa shape index (κ1) is 34.4. The zero-order valence-electron chi connectivity index (χ0n) is 33.4. The van der Waals surface area contributed by atoms with Gasteiger partial charge >= 0.3 is 0 Å². The number of para-hydroxylation sites is 5. The average molecular weight is 769 g/mol. The Morgan fingerprint density at radius 3 is 1.72 bits per heavy atom. The van der Waals surface area contributed by atoms with E-state index in [1.54, 1.807) is 0 Å². The third kappa shape index (κ3) is 5.15. The number of hydrogen-bond donors (Lipinski definition) is 0. The van der Waals surface area contributed by atoms with Gasteiger partial charge in [-0.2, -0.15) is 0 Å². The monoisotopic (exact) mass is 768 g/mol. The zero-order chi connectivity index (χ0) is 40.0. The minimum absolute atomic E-state index is 0.126. The molecule has 3 nitrogen and oxygen atoms in total. The van der Waals surface area contributed by atoms with Gasteiger partial charge in [-0.15, -0.1) is 0 Å². The number of hydrogen-bond acceptors (Lipinski definition) is 2. The number of aromatic nitrogens is 1. The molecule has 1 aliphatic carbocycles. The van der Waals surface area contributed by atoms with E-state index in [2.05, 4.69) is 224 Å². The molecule has 0 N–H and O–H groups in total. The summed E-state index contributed by atoms with van der Waals surface area (Å²) in [6.07, 6.45) is 0. The molecule has 0 saturated heterocycles. The number of benzene rings is 9. The molecule has 1 aliphatic rings. The molecule has 0 amide bonds. The Labute approximate surface area is 349 Å². The van der Waals surface area contributed by atoms with E-state index in [-0.39, 0.29) is 5.41 Å². The van der Waals surface area contributed by atoms with Crippen LogP contribution in [0.25, 0.3) is 82.8 Å². The number of nitrogens with zero attached hydrogens (tertiary/aromatic N) is 2. The SMILES string of the molecule is CC1(C)c2ccccc2-c2ccc(N(c3ccc(-c4ccc(-c5ccccc5-n5c6ccccc6c6ccccc65)cc4)cc3)c3cccc4c3oc3ccccc34)cc21. The van der Waals surface area contributed by atoms with Crippen molar-refractivity contribution in [2.45, 2.75) is 19.3 Å². The molecule has 0 atom stereocenters. The van der Waals surface area contributed by atoms with Gasteiger partial charge in [-0.05, 0) is 93.5 Å².